The lowest BCUT2D eigenvalue weighted by Gasteiger charge is -2.41. The molecule has 43 heavy (non-hydrogen) atoms. The van der Waals surface area contributed by atoms with Gasteiger partial charge in [0.05, 0.1) is 19.3 Å². The largest absolute Gasteiger partial charge is 0.478 e. The second kappa shape index (κ2) is 16.0. The zero-order chi connectivity index (χ0) is 30.6. The standard InChI is InChI=1S/C29H32F2N2O2.C4H4O4/c30-26-10-6-23(7-11-26)29(24-8-12-27(31)13-9-24)33-16-14-32(15-17-33)21-25(20-28-34-18-19-35-28)22-4-2-1-3-5-22;5-3(6)1-2-4(7)8/h1-13,25,28-29H,14-21H2;1-2H,(H,5,6)(H,7,8). The summed E-state index contributed by atoms with van der Waals surface area (Å²) in [4.78, 5) is 24.0. The fourth-order valence-electron chi connectivity index (χ4n) is 5.38. The molecule has 0 spiro atoms. The highest BCUT2D eigenvalue weighted by atomic mass is 19.1. The first-order chi connectivity index (χ1) is 20.8. The molecule has 0 radical (unpaired) electrons. The van der Waals surface area contributed by atoms with Crippen LogP contribution in [0.15, 0.2) is 91.0 Å². The van der Waals surface area contributed by atoms with Crippen molar-refractivity contribution in [2.45, 2.75) is 24.7 Å². The van der Waals surface area contributed by atoms with Crippen LogP contribution in [0.4, 0.5) is 8.78 Å². The molecule has 1 unspecified atom stereocenters. The summed E-state index contributed by atoms with van der Waals surface area (Å²) in [6, 6.07) is 23.9. The fourth-order valence-corrected chi connectivity index (χ4v) is 5.38. The van der Waals surface area contributed by atoms with E-state index in [1.165, 1.54) is 29.8 Å². The van der Waals surface area contributed by atoms with Gasteiger partial charge in [-0.25, -0.2) is 18.4 Å². The van der Waals surface area contributed by atoms with Crippen molar-refractivity contribution in [2.24, 2.45) is 0 Å². The number of rotatable bonds is 10. The fraction of sp³-hybridized carbons (Fsp3) is 0.333. The van der Waals surface area contributed by atoms with Crippen LogP contribution in [-0.2, 0) is 19.1 Å². The molecular formula is C33H36F2N2O6. The Hall–Kier alpha value is -3.96. The SMILES string of the molecule is Fc1ccc(C(c2ccc(F)cc2)N2CCN(CC(CC3OCCO3)c3ccccc3)CC2)cc1.O=C(O)C=CC(=O)O. The van der Waals surface area contributed by atoms with Crippen molar-refractivity contribution < 1.29 is 38.1 Å². The van der Waals surface area contributed by atoms with E-state index in [0.717, 1.165) is 50.3 Å². The summed E-state index contributed by atoms with van der Waals surface area (Å²) in [5, 5.41) is 15.6. The van der Waals surface area contributed by atoms with Gasteiger partial charge in [-0.2, -0.15) is 0 Å². The average molecular weight is 595 g/mol. The minimum atomic E-state index is -1.26. The summed E-state index contributed by atoms with van der Waals surface area (Å²) in [5.74, 6) is -2.69. The molecule has 8 nitrogen and oxygen atoms in total. The van der Waals surface area contributed by atoms with Crippen molar-refractivity contribution in [1.82, 2.24) is 9.80 Å². The third kappa shape index (κ3) is 10.1. The molecule has 0 aromatic heterocycles. The lowest BCUT2D eigenvalue weighted by Crippen LogP contribution is -2.49. The first-order valence-corrected chi connectivity index (χ1v) is 14.2. The van der Waals surface area contributed by atoms with Gasteiger partial charge in [0.1, 0.15) is 11.6 Å². The third-order valence-corrected chi connectivity index (χ3v) is 7.43. The number of hydrogen-bond donors (Lipinski definition) is 2. The van der Waals surface area contributed by atoms with Crippen LogP contribution in [0, 0.1) is 11.6 Å². The monoisotopic (exact) mass is 594 g/mol. The topological polar surface area (TPSA) is 99.5 Å². The smallest absolute Gasteiger partial charge is 0.328 e. The van der Waals surface area contributed by atoms with Gasteiger partial charge in [-0.1, -0.05) is 54.6 Å². The molecule has 0 saturated carbocycles. The molecule has 3 aromatic rings. The van der Waals surface area contributed by atoms with Crippen molar-refractivity contribution in [3.8, 4) is 0 Å². The highest BCUT2D eigenvalue weighted by molar-refractivity contribution is 5.89. The number of hydrogen-bond acceptors (Lipinski definition) is 6. The van der Waals surface area contributed by atoms with Crippen LogP contribution in [0.5, 0.6) is 0 Å². The van der Waals surface area contributed by atoms with Crippen molar-refractivity contribution in [3.05, 3.63) is 119 Å². The first-order valence-electron chi connectivity index (χ1n) is 14.2. The number of ether oxygens (including phenoxy) is 2. The van der Waals surface area contributed by atoms with Gasteiger partial charge in [0.25, 0.3) is 0 Å². The Bertz CT molecular complexity index is 1260. The molecule has 1 atom stereocenters. The lowest BCUT2D eigenvalue weighted by atomic mass is 9.94. The van der Waals surface area contributed by atoms with Gasteiger partial charge in [0.2, 0.25) is 0 Å². The van der Waals surface area contributed by atoms with Gasteiger partial charge >= 0.3 is 11.9 Å². The van der Waals surface area contributed by atoms with Crippen molar-refractivity contribution in [2.75, 3.05) is 45.9 Å². The van der Waals surface area contributed by atoms with E-state index in [9.17, 15) is 18.4 Å². The molecule has 0 bridgehead atoms. The summed E-state index contributed by atoms with van der Waals surface area (Å²) in [5.41, 5.74) is 3.35. The van der Waals surface area contributed by atoms with Gasteiger partial charge in [-0.05, 0) is 41.0 Å². The predicted octanol–water partition coefficient (Wildman–Crippen LogP) is 4.93. The summed E-state index contributed by atoms with van der Waals surface area (Å²) < 4.78 is 38.7. The minimum Gasteiger partial charge on any atom is -0.478 e. The van der Waals surface area contributed by atoms with Crippen molar-refractivity contribution in [3.63, 3.8) is 0 Å². The molecule has 2 aliphatic heterocycles. The van der Waals surface area contributed by atoms with Crippen LogP contribution >= 0.6 is 0 Å². The van der Waals surface area contributed by atoms with E-state index >= 15 is 0 Å². The number of benzene rings is 3. The lowest BCUT2D eigenvalue weighted by molar-refractivity contribution is -0.134. The van der Waals surface area contributed by atoms with Gasteiger partial charge in [-0.3, -0.25) is 4.90 Å². The molecule has 0 aliphatic carbocycles. The van der Waals surface area contributed by atoms with Gasteiger partial charge in [-0.15, -0.1) is 0 Å². The molecule has 10 heteroatoms. The number of carboxylic acid groups (broad SMARTS) is 2. The van der Waals surface area contributed by atoms with E-state index in [4.69, 9.17) is 19.7 Å². The predicted molar refractivity (Wildman–Crippen MR) is 157 cm³/mol. The zero-order valence-electron chi connectivity index (χ0n) is 23.7. The maximum atomic E-state index is 13.6. The van der Waals surface area contributed by atoms with E-state index in [0.29, 0.717) is 31.3 Å². The molecule has 5 rings (SSSR count). The Balaban J connectivity index is 0.000000467. The first kappa shape index (κ1) is 32.0. The molecule has 228 valence electrons. The number of halogens is 2. The Kier molecular flexibility index (Phi) is 11.9. The molecule has 2 heterocycles. The minimum absolute atomic E-state index is 0.0384. The molecule has 0 amide bonds. The van der Waals surface area contributed by atoms with Crippen LogP contribution in [0.3, 0.4) is 0 Å². The molecule has 2 saturated heterocycles. The van der Waals surface area contributed by atoms with Crippen LogP contribution < -0.4 is 0 Å². The Morgan fingerprint density at radius 3 is 1.70 bits per heavy atom. The maximum Gasteiger partial charge on any atom is 0.328 e. The molecule has 2 N–H and O–H groups in total. The summed E-state index contributed by atoms with van der Waals surface area (Å²) in [7, 11) is 0. The molecule has 2 aliphatic rings. The molecule has 3 aromatic carbocycles. The Labute approximate surface area is 249 Å². The Morgan fingerprint density at radius 1 is 0.744 bits per heavy atom. The number of carboxylic acids is 2. The maximum absolute atomic E-state index is 13.6. The summed E-state index contributed by atoms with van der Waals surface area (Å²) in [6.45, 7) is 5.87. The average Bonchev–Trinajstić information content (AvgIpc) is 3.53. The van der Waals surface area contributed by atoms with Crippen molar-refractivity contribution in [1.29, 1.82) is 0 Å². The van der Waals surface area contributed by atoms with Gasteiger partial charge in [0, 0.05) is 57.2 Å². The highest BCUT2D eigenvalue weighted by Gasteiger charge is 2.29. The summed E-state index contributed by atoms with van der Waals surface area (Å²) in [6.07, 6.45) is 1.82. The van der Waals surface area contributed by atoms with E-state index in [1.807, 2.05) is 30.3 Å². The van der Waals surface area contributed by atoms with Gasteiger partial charge in [0.15, 0.2) is 6.29 Å². The second-order valence-electron chi connectivity index (χ2n) is 10.4. The quantitative estimate of drug-likeness (QED) is 0.319. The number of aliphatic carboxylic acids is 2. The summed E-state index contributed by atoms with van der Waals surface area (Å²) >= 11 is 0. The van der Waals surface area contributed by atoms with Gasteiger partial charge < -0.3 is 24.6 Å². The van der Waals surface area contributed by atoms with E-state index in [1.54, 1.807) is 0 Å². The third-order valence-electron chi connectivity index (χ3n) is 7.43. The van der Waals surface area contributed by atoms with Crippen LogP contribution in [-0.4, -0.2) is 84.2 Å². The van der Waals surface area contributed by atoms with Crippen LogP contribution in [0.25, 0.3) is 0 Å². The van der Waals surface area contributed by atoms with E-state index in [-0.39, 0.29) is 24.0 Å². The highest BCUT2D eigenvalue weighted by Crippen LogP contribution is 2.31. The Morgan fingerprint density at radius 2 is 1.23 bits per heavy atom. The zero-order valence-corrected chi connectivity index (χ0v) is 23.7. The molecule has 2 fully saturated rings. The number of piperazine rings is 1. The van der Waals surface area contributed by atoms with Crippen LogP contribution in [0.2, 0.25) is 0 Å². The van der Waals surface area contributed by atoms with E-state index < -0.39 is 11.9 Å². The number of nitrogens with zero attached hydrogens (tertiary/aromatic N) is 2. The second-order valence-corrected chi connectivity index (χ2v) is 10.4. The van der Waals surface area contributed by atoms with Crippen LogP contribution in [0.1, 0.15) is 35.1 Å². The van der Waals surface area contributed by atoms with Crippen molar-refractivity contribution >= 4 is 11.9 Å². The molecular weight excluding hydrogens is 558 g/mol. The number of carbonyl (C=O) groups is 2. The normalized spacial score (nSPS) is 17.1. The van der Waals surface area contributed by atoms with E-state index in [2.05, 4.69) is 34.1 Å².